The zero-order valence-corrected chi connectivity index (χ0v) is 20.6. The topological polar surface area (TPSA) is 118 Å². The molecule has 210 valence electrons. The van der Waals surface area contributed by atoms with E-state index >= 15 is 0 Å². The number of carbonyl (C=O) groups is 1. The summed E-state index contributed by atoms with van der Waals surface area (Å²) in [6.45, 7) is -0.404. The second-order valence-electron chi connectivity index (χ2n) is 8.50. The predicted octanol–water partition coefficient (Wildman–Crippen LogP) is 4.86. The van der Waals surface area contributed by atoms with Crippen molar-refractivity contribution in [1.29, 1.82) is 5.26 Å². The van der Waals surface area contributed by atoms with Crippen molar-refractivity contribution in [1.82, 2.24) is 20.4 Å². The molecule has 16 heteroatoms. The van der Waals surface area contributed by atoms with Gasteiger partial charge in [0.15, 0.2) is 5.69 Å². The summed E-state index contributed by atoms with van der Waals surface area (Å²) in [5.74, 6) is -3.51. The number of nitriles is 1. The van der Waals surface area contributed by atoms with Crippen LogP contribution in [0.25, 0.3) is 0 Å². The smallest absolute Gasteiger partial charge is 0.449 e. The number of nitrogens with one attached hydrogen (secondary N) is 2. The fourth-order valence-electron chi connectivity index (χ4n) is 3.93. The van der Waals surface area contributed by atoms with Gasteiger partial charge in [-0.25, -0.2) is 10.4 Å². The Hall–Kier alpha value is -4.29. The quantitative estimate of drug-likeness (QED) is 0.396. The van der Waals surface area contributed by atoms with Crippen LogP contribution in [0.15, 0.2) is 53.6 Å². The third-order valence-corrected chi connectivity index (χ3v) is 5.90. The van der Waals surface area contributed by atoms with Gasteiger partial charge in [0, 0.05) is 11.6 Å². The van der Waals surface area contributed by atoms with Gasteiger partial charge < -0.3 is 9.47 Å². The van der Waals surface area contributed by atoms with Crippen molar-refractivity contribution in [2.45, 2.75) is 31.5 Å². The highest BCUT2D eigenvalue weighted by atomic mass is 35.5. The molecular weight excluding hydrogens is 572 g/mol. The van der Waals surface area contributed by atoms with Crippen molar-refractivity contribution < 1.29 is 40.6 Å². The zero-order valence-electron chi connectivity index (χ0n) is 19.8. The van der Waals surface area contributed by atoms with Crippen LogP contribution in [0.1, 0.15) is 29.3 Å². The molecule has 1 saturated heterocycles. The highest BCUT2D eigenvalue weighted by Gasteiger charge is 2.39. The summed E-state index contributed by atoms with van der Waals surface area (Å²) in [7, 11) is 0. The largest absolute Gasteiger partial charge is 0.573 e. The lowest BCUT2D eigenvalue weighted by atomic mass is 9.92. The Morgan fingerprint density at radius 3 is 2.40 bits per heavy atom. The maximum Gasteiger partial charge on any atom is 0.573 e. The maximum atomic E-state index is 13.7. The van der Waals surface area contributed by atoms with Crippen LogP contribution in [0.3, 0.4) is 0 Å². The molecule has 0 spiro atoms. The first-order chi connectivity index (χ1) is 18.7. The van der Waals surface area contributed by atoms with E-state index in [9.17, 15) is 35.9 Å². The predicted molar refractivity (Wildman–Crippen MR) is 125 cm³/mol. The molecule has 2 unspecified atom stereocenters. The molecule has 9 nitrogen and oxygen atoms in total. The minimum Gasteiger partial charge on any atom is -0.449 e. The molecular formula is C24H16ClF6N5O4. The Kier molecular flexibility index (Phi) is 7.94. The molecule has 2 atom stereocenters. The molecule has 40 heavy (non-hydrogen) atoms. The van der Waals surface area contributed by atoms with E-state index in [0.29, 0.717) is 11.9 Å². The van der Waals surface area contributed by atoms with Gasteiger partial charge >= 0.3 is 12.5 Å². The van der Waals surface area contributed by atoms with Gasteiger partial charge in [0.05, 0.1) is 29.9 Å². The highest BCUT2D eigenvalue weighted by Crippen LogP contribution is 2.35. The SMILES string of the molecule is N#Cc1cc(Cl)cc(Oc2c(C(F)(F)F)ncn(CC3CC(c4ccc(OC(F)(F)F)cc4)NNC3=O)c2=O)c1. The lowest BCUT2D eigenvalue weighted by Gasteiger charge is -2.31. The van der Waals surface area contributed by atoms with E-state index in [-0.39, 0.29) is 22.8 Å². The number of hydrogen-bond donors (Lipinski definition) is 2. The van der Waals surface area contributed by atoms with E-state index in [2.05, 4.69) is 20.6 Å². The van der Waals surface area contributed by atoms with Gasteiger partial charge in [-0.15, -0.1) is 13.2 Å². The van der Waals surface area contributed by atoms with E-state index in [4.69, 9.17) is 21.6 Å². The number of benzene rings is 2. The van der Waals surface area contributed by atoms with Crippen LogP contribution in [0.4, 0.5) is 26.3 Å². The number of nitrogens with zero attached hydrogens (tertiary/aromatic N) is 3. The molecule has 2 N–H and O–H groups in total. The number of carbonyl (C=O) groups excluding carboxylic acids is 1. The normalized spacial score (nSPS) is 17.6. The number of amides is 1. The summed E-state index contributed by atoms with van der Waals surface area (Å²) in [5.41, 5.74) is 2.64. The van der Waals surface area contributed by atoms with Crippen LogP contribution >= 0.6 is 11.6 Å². The van der Waals surface area contributed by atoms with E-state index in [0.717, 1.165) is 28.8 Å². The van der Waals surface area contributed by atoms with Crippen molar-refractivity contribution in [3.63, 3.8) is 0 Å². The Bertz CT molecular complexity index is 1520. The first-order valence-corrected chi connectivity index (χ1v) is 11.6. The summed E-state index contributed by atoms with van der Waals surface area (Å²) in [6.07, 6.45) is -9.30. The number of hydrazine groups is 1. The van der Waals surface area contributed by atoms with Crippen molar-refractivity contribution in [2.75, 3.05) is 0 Å². The third-order valence-electron chi connectivity index (χ3n) is 5.68. The third kappa shape index (κ3) is 6.82. The lowest BCUT2D eigenvalue weighted by Crippen LogP contribution is -2.50. The van der Waals surface area contributed by atoms with Gasteiger partial charge in [-0.3, -0.25) is 19.6 Å². The molecule has 0 bridgehead atoms. The van der Waals surface area contributed by atoms with Gasteiger partial charge in [0.2, 0.25) is 11.7 Å². The molecule has 1 fully saturated rings. The monoisotopic (exact) mass is 587 g/mol. The number of hydrogen-bond acceptors (Lipinski definition) is 7. The lowest BCUT2D eigenvalue weighted by molar-refractivity contribution is -0.274. The van der Waals surface area contributed by atoms with Crippen LogP contribution in [-0.4, -0.2) is 21.8 Å². The second-order valence-corrected chi connectivity index (χ2v) is 8.94. The molecule has 3 aromatic rings. The maximum absolute atomic E-state index is 13.7. The van der Waals surface area contributed by atoms with E-state index in [1.807, 2.05) is 0 Å². The highest BCUT2D eigenvalue weighted by molar-refractivity contribution is 6.30. The van der Waals surface area contributed by atoms with Crippen molar-refractivity contribution in [3.8, 4) is 23.3 Å². The van der Waals surface area contributed by atoms with E-state index < -0.39 is 59.7 Å². The zero-order chi connectivity index (χ0) is 29.2. The van der Waals surface area contributed by atoms with Gasteiger partial charge in [-0.2, -0.15) is 18.4 Å². The van der Waals surface area contributed by atoms with Crippen molar-refractivity contribution in [3.05, 3.63) is 81.0 Å². The van der Waals surface area contributed by atoms with Crippen LogP contribution in [-0.2, 0) is 17.5 Å². The molecule has 4 rings (SSSR count). The summed E-state index contributed by atoms with van der Waals surface area (Å²) in [4.78, 5) is 28.9. The van der Waals surface area contributed by atoms with Crippen molar-refractivity contribution in [2.24, 2.45) is 5.92 Å². The first kappa shape index (κ1) is 28.7. The van der Waals surface area contributed by atoms with Gasteiger partial charge in [0.1, 0.15) is 11.5 Å². The fourth-order valence-corrected chi connectivity index (χ4v) is 4.15. The van der Waals surface area contributed by atoms with Gasteiger partial charge in [-0.1, -0.05) is 23.7 Å². The minimum atomic E-state index is -5.08. The number of halogens is 7. The standard InChI is InChI=1S/C24H16ClF6N5O4/c25-15-5-12(9-32)6-17(8-15)39-19-20(23(26,27)28)33-11-36(22(19)38)10-14-7-18(34-35-21(14)37)13-1-3-16(4-2-13)40-24(29,30)31/h1-6,8,11,14,18,34H,7,10H2,(H,35,37). The Balaban J connectivity index is 1.60. The molecule has 1 aromatic heterocycles. The number of ether oxygens (including phenoxy) is 2. The number of aromatic nitrogens is 2. The molecule has 1 aliphatic rings. The summed E-state index contributed by atoms with van der Waals surface area (Å²) >= 11 is 5.88. The Morgan fingerprint density at radius 2 is 1.77 bits per heavy atom. The first-order valence-electron chi connectivity index (χ1n) is 11.2. The van der Waals surface area contributed by atoms with Crippen LogP contribution < -0.4 is 25.9 Å². The summed E-state index contributed by atoms with van der Waals surface area (Å²) in [6, 6.07) is 9.41. The van der Waals surface area contributed by atoms with Gasteiger partial charge in [-0.05, 0) is 42.3 Å². The molecule has 1 aliphatic heterocycles. The minimum absolute atomic E-state index is 0.0226. The van der Waals surface area contributed by atoms with E-state index in [1.54, 1.807) is 6.07 Å². The molecule has 2 heterocycles. The summed E-state index contributed by atoms with van der Waals surface area (Å²) < 4.78 is 88.0. The number of alkyl halides is 6. The second kappa shape index (κ2) is 11.1. The molecule has 0 radical (unpaired) electrons. The van der Waals surface area contributed by atoms with Crippen LogP contribution in [0, 0.1) is 17.2 Å². The average Bonchev–Trinajstić information content (AvgIpc) is 2.86. The van der Waals surface area contributed by atoms with Crippen LogP contribution in [0.2, 0.25) is 5.02 Å². The molecule has 1 amide bonds. The van der Waals surface area contributed by atoms with Crippen molar-refractivity contribution >= 4 is 17.5 Å². The Labute approximate surface area is 225 Å². The molecule has 0 saturated carbocycles. The van der Waals surface area contributed by atoms with Crippen LogP contribution in [0.5, 0.6) is 17.2 Å². The van der Waals surface area contributed by atoms with E-state index in [1.165, 1.54) is 18.2 Å². The Morgan fingerprint density at radius 1 is 1.07 bits per heavy atom. The average molecular weight is 588 g/mol. The fraction of sp³-hybridized carbons (Fsp3) is 0.250. The summed E-state index contributed by atoms with van der Waals surface area (Å²) in [5, 5.41) is 9.06. The molecule has 0 aliphatic carbocycles. The number of rotatable bonds is 6. The van der Waals surface area contributed by atoms with Gasteiger partial charge in [0.25, 0.3) is 5.56 Å². The molecule has 2 aromatic carbocycles.